The average molecular weight is 256 g/mol. The first-order valence-corrected chi connectivity index (χ1v) is 5.96. The van der Waals surface area contributed by atoms with Gasteiger partial charge in [-0.15, -0.1) is 0 Å². The van der Waals surface area contributed by atoms with Crippen LogP contribution in [0.25, 0.3) is 10.9 Å². The van der Waals surface area contributed by atoms with E-state index >= 15 is 0 Å². The van der Waals surface area contributed by atoms with Gasteiger partial charge in [0.2, 0.25) is 0 Å². The summed E-state index contributed by atoms with van der Waals surface area (Å²) in [7, 11) is -3.23. The molecule has 0 saturated heterocycles. The minimum Gasteiger partial charge on any atom is -0.305 e. The van der Waals surface area contributed by atoms with E-state index in [1.165, 1.54) is 19.2 Å². The van der Waals surface area contributed by atoms with Crippen molar-refractivity contribution in [2.75, 3.05) is 0 Å². The normalized spacial score (nSPS) is 11.9. The van der Waals surface area contributed by atoms with Crippen LogP contribution in [0.2, 0.25) is 0 Å². The number of aromatic nitrogens is 2. The van der Waals surface area contributed by atoms with Crippen LogP contribution in [0.4, 0.5) is 0 Å². The summed E-state index contributed by atoms with van der Waals surface area (Å²) in [5.74, 6) is 0. The lowest BCUT2D eigenvalue weighted by Crippen LogP contribution is -2.32. The molecule has 1 aromatic heterocycles. The number of hydrogen-bond donors (Lipinski definition) is 2. The molecule has 0 atom stereocenters. The zero-order chi connectivity index (χ0) is 12.8. The fraction of sp³-hybridized carbons (Fsp3) is 0.111. The maximum absolute atomic E-state index is 11.7. The summed E-state index contributed by atoms with van der Waals surface area (Å²) in [6, 6.07) is 3.78. The number of nitrogens with one attached hydrogen (secondary N) is 1. The minimum atomic E-state index is -4.49. The number of para-hydroxylation sites is 1. The summed E-state index contributed by atoms with van der Waals surface area (Å²) in [5.41, 5.74) is -1.57. The summed E-state index contributed by atoms with van der Waals surface area (Å²) >= 11 is 0. The highest BCUT2D eigenvalue weighted by Crippen LogP contribution is 2.16. The first-order chi connectivity index (χ1) is 7.82. The van der Waals surface area contributed by atoms with Gasteiger partial charge in [0.1, 0.15) is 4.90 Å². The molecule has 1 heterocycles. The molecule has 17 heavy (non-hydrogen) atoms. The Hall–Kier alpha value is -1.93. The molecule has 0 fully saturated rings. The predicted octanol–water partition coefficient (Wildman–Crippen LogP) is -0.527. The molecule has 0 aliphatic heterocycles. The standard InChI is InChI=1S/C9H8N2O5S/c1-11-8(12)5-3-2-4-6(17(14,15)16)7(5)10-9(11)13/h2-4H,1H3,(H,10,13)(H,14,15,16). The van der Waals surface area contributed by atoms with Crippen molar-refractivity contribution in [3.8, 4) is 0 Å². The van der Waals surface area contributed by atoms with Gasteiger partial charge < -0.3 is 4.98 Å². The molecule has 0 amide bonds. The van der Waals surface area contributed by atoms with E-state index < -0.39 is 26.3 Å². The Morgan fingerprint density at radius 1 is 1.29 bits per heavy atom. The van der Waals surface area contributed by atoms with E-state index in [1.807, 2.05) is 0 Å². The van der Waals surface area contributed by atoms with Crippen LogP contribution in [0.1, 0.15) is 0 Å². The Balaban J connectivity index is 3.13. The van der Waals surface area contributed by atoms with Gasteiger partial charge in [-0.2, -0.15) is 8.42 Å². The van der Waals surface area contributed by atoms with Crippen molar-refractivity contribution in [1.82, 2.24) is 9.55 Å². The molecule has 2 N–H and O–H groups in total. The average Bonchev–Trinajstić information content (AvgIpc) is 2.24. The number of aromatic amines is 1. The number of hydrogen-bond acceptors (Lipinski definition) is 4. The molecule has 0 bridgehead atoms. The van der Waals surface area contributed by atoms with Crippen molar-refractivity contribution < 1.29 is 13.0 Å². The molecule has 0 aliphatic rings. The van der Waals surface area contributed by atoms with Gasteiger partial charge in [-0.05, 0) is 12.1 Å². The number of nitrogens with zero attached hydrogens (tertiary/aromatic N) is 1. The van der Waals surface area contributed by atoms with Crippen molar-refractivity contribution in [1.29, 1.82) is 0 Å². The summed E-state index contributed by atoms with van der Waals surface area (Å²) in [4.78, 5) is 24.8. The predicted molar refractivity (Wildman–Crippen MR) is 59.6 cm³/mol. The quantitative estimate of drug-likeness (QED) is 0.667. The lowest BCUT2D eigenvalue weighted by molar-refractivity contribution is 0.484. The molecule has 2 rings (SSSR count). The first kappa shape index (κ1) is 11.6. The van der Waals surface area contributed by atoms with Crippen molar-refractivity contribution in [2.45, 2.75) is 4.90 Å². The zero-order valence-corrected chi connectivity index (χ0v) is 9.48. The van der Waals surface area contributed by atoms with Crippen LogP contribution in [0.15, 0.2) is 32.7 Å². The highest BCUT2D eigenvalue weighted by molar-refractivity contribution is 7.86. The van der Waals surface area contributed by atoms with E-state index in [0.717, 1.165) is 10.6 Å². The maximum Gasteiger partial charge on any atom is 0.328 e. The summed E-state index contributed by atoms with van der Waals surface area (Å²) in [6.45, 7) is 0. The molecular formula is C9H8N2O5S. The van der Waals surface area contributed by atoms with Gasteiger partial charge in [-0.3, -0.25) is 13.9 Å². The number of fused-ring (bicyclic) bond motifs is 1. The minimum absolute atomic E-state index is 0.0159. The van der Waals surface area contributed by atoms with Gasteiger partial charge in [0.25, 0.3) is 15.7 Å². The highest BCUT2D eigenvalue weighted by atomic mass is 32.2. The van der Waals surface area contributed by atoms with Gasteiger partial charge in [0.15, 0.2) is 0 Å². The fourth-order valence-electron chi connectivity index (χ4n) is 1.52. The third-order valence-corrected chi connectivity index (χ3v) is 3.27. The van der Waals surface area contributed by atoms with Crippen molar-refractivity contribution in [2.24, 2.45) is 7.05 Å². The molecule has 1 aromatic carbocycles. The van der Waals surface area contributed by atoms with E-state index in [2.05, 4.69) is 4.98 Å². The smallest absolute Gasteiger partial charge is 0.305 e. The number of H-pyrrole nitrogens is 1. The van der Waals surface area contributed by atoms with E-state index in [0.29, 0.717) is 0 Å². The Bertz CT molecular complexity index is 815. The lowest BCUT2D eigenvalue weighted by atomic mass is 10.2. The summed E-state index contributed by atoms with van der Waals surface area (Å²) < 4.78 is 32.0. The molecule has 0 saturated carbocycles. The molecule has 90 valence electrons. The number of benzene rings is 1. The van der Waals surface area contributed by atoms with Gasteiger partial charge in [0, 0.05) is 7.05 Å². The van der Waals surface area contributed by atoms with Gasteiger partial charge >= 0.3 is 5.69 Å². The van der Waals surface area contributed by atoms with Crippen LogP contribution in [0.5, 0.6) is 0 Å². The lowest BCUT2D eigenvalue weighted by Gasteiger charge is -2.04. The van der Waals surface area contributed by atoms with E-state index in [1.54, 1.807) is 0 Å². The second-order valence-electron chi connectivity index (χ2n) is 3.45. The molecule has 8 heteroatoms. The topological polar surface area (TPSA) is 109 Å². The van der Waals surface area contributed by atoms with Gasteiger partial charge in [0.05, 0.1) is 10.9 Å². The third-order valence-electron chi connectivity index (χ3n) is 2.38. The van der Waals surface area contributed by atoms with Crippen LogP contribution >= 0.6 is 0 Å². The fourth-order valence-corrected chi connectivity index (χ4v) is 2.19. The highest BCUT2D eigenvalue weighted by Gasteiger charge is 2.16. The Morgan fingerprint density at radius 2 is 1.94 bits per heavy atom. The molecule has 7 nitrogen and oxygen atoms in total. The van der Waals surface area contributed by atoms with Crippen LogP contribution < -0.4 is 11.2 Å². The van der Waals surface area contributed by atoms with Gasteiger partial charge in [-0.25, -0.2) is 4.79 Å². The summed E-state index contributed by atoms with van der Waals surface area (Å²) in [5, 5.41) is 0.0159. The van der Waals surface area contributed by atoms with E-state index in [9.17, 15) is 18.0 Å². The third kappa shape index (κ3) is 1.77. The van der Waals surface area contributed by atoms with Crippen LogP contribution in [-0.4, -0.2) is 22.5 Å². The largest absolute Gasteiger partial charge is 0.328 e. The second kappa shape index (κ2) is 3.54. The van der Waals surface area contributed by atoms with Crippen molar-refractivity contribution >= 4 is 21.0 Å². The van der Waals surface area contributed by atoms with Crippen molar-refractivity contribution in [3.05, 3.63) is 39.0 Å². The van der Waals surface area contributed by atoms with E-state index in [4.69, 9.17) is 4.55 Å². The maximum atomic E-state index is 11.7. The Morgan fingerprint density at radius 3 is 2.53 bits per heavy atom. The summed E-state index contributed by atoms with van der Waals surface area (Å²) in [6.07, 6.45) is 0. The Kier molecular flexibility index (Phi) is 2.40. The second-order valence-corrected chi connectivity index (χ2v) is 4.84. The molecule has 0 aliphatic carbocycles. The molecule has 0 unspecified atom stereocenters. The number of rotatable bonds is 1. The van der Waals surface area contributed by atoms with Crippen molar-refractivity contribution in [3.63, 3.8) is 0 Å². The van der Waals surface area contributed by atoms with Crippen LogP contribution in [0, 0.1) is 0 Å². The monoisotopic (exact) mass is 256 g/mol. The molecule has 0 radical (unpaired) electrons. The van der Waals surface area contributed by atoms with E-state index in [-0.39, 0.29) is 10.9 Å². The molecule has 2 aromatic rings. The Labute approximate surface area is 95.1 Å². The molecule has 0 spiro atoms. The molecular weight excluding hydrogens is 248 g/mol. The first-order valence-electron chi connectivity index (χ1n) is 4.52. The van der Waals surface area contributed by atoms with Crippen LogP contribution in [-0.2, 0) is 17.2 Å². The van der Waals surface area contributed by atoms with Gasteiger partial charge in [-0.1, -0.05) is 6.07 Å². The SMILES string of the molecule is Cn1c(=O)[nH]c2c(S(=O)(=O)O)cccc2c1=O. The zero-order valence-electron chi connectivity index (χ0n) is 8.67. The van der Waals surface area contributed by atoms with Crippen LogP contribution in [0.3, 0.4) is 0 Å².